The van der Waals surface area contributed by atoms with Gasteiger partial charge in [0, 0.05) is 10.0 Å². The normalized spacial score (nSPS) is 11.0. The number of halogens is 1. The Morgan fingerprint density at radius 2 is 2.00 bits per heavy atom. The fourth-order valence-corrected chi connectivity index (χ4v) is 2.83. The zero-order valence-corrected chi connectivity index (χ0v) is 14.0. The molecule has 2 aromatic carbocycles. The molecular weight excluding hydrogens is 372 g/mol. The van der Waals surface area contributed by atoms with Crippen molar-refractivity contribution in [2.45, 2.75) is 6.54 Å². The highest BCUT2D eigenvalue weighted by atomic mass is 79.9. The molecule has 6 nitrogen and oxygen atoms in total. The molecule has 4 rings (SSSR count). The van der Waals surface area contributed by atoms with Crippen LogP contribution in [0, 0.1) is 0 Å². The van der Waals surface area contributed by atoms with E-state index >= 15 is 0 Å². The third kappa shape index (κ3) is 2.74. The van der Waals surface area contributed by atoms with Crippen molar-refractivity contribution in [3.8, 4) is 11.4 Å². The van der Waals surface area contributed by atoms with Gasteiger partial charge in [-0.05, 0) is 24.3 Å². The van der Waals surface area contributed by atoms with Crippen molar-refractivity contribution >= 4 is 26.8 Å². The third-order valence-electron chi connectivity index (χ3n) is 3.59. The van der Waals surface area contributed by atoms with E-state index in [9.17, 15) is 4.79 Å². The summed E-state index contributed by atoms with van der Waals surface area (Å²) in [4.78, 5) is 21.1. The van der Waals surface area contributed by atoms with Gasteiger partial charge >= 0.3 is 0 Å². The van der Waals surface area contributed by atoms with Gasteiger partial charge in [0.2, 0.25) is 11.7 Å². The average molecular weight is 383 g/mol. The van der Waals surface area contributed by atoms with E-state index in [1.165, 1.54) is 10.9 Å². The molecule has 0 fully saturated rings. The van der Waals surface area contributed by atoms with Crippen LogP contribution in [-0.2, 0) is 6.54 Å². The summed E-state index contributed by atoms with van der Waals surface area (Å²) in [5.41, 5.74) is 1.37. The van der Waals surface area contributed by atoms with Gasteiger partial charge in [0.1, 0.15) is 6.54 Å². The Morgan fingerprint density at radius 3 is 2.88 bits per heavy atom. The number of aromatic nitrogens is 4. The molecular formula is C17H11BrN4O2. The molecule has 0 saturated heterocycles. The highest BCUT2D eigenvalue weighted by Gasteiger charge is 2.11. The van der Waals surface area contributed by atoms with Crippen LogP contribution in [0.5, 0.6) is 0 Å². The van der Waals surface area contributed by atoms with Crippen molar-refractivity contribution in [2.24, 2.45) is 0 Å². The Hall–Kier alpha value is -2.80. The van der Waals surface area contributed by atoms with Gasteiger partial charge in [-0.3, -0.25) is 9.36 Å². The van der Waals surface area contributed by atoms with Crippen LogP contribution in [-0.4, -0.2) is 19.7 Å². The average Bonchev–Trinajstić information content (AvgIpc) is 3.06. The zero-order valence-electron chi connectivity index (χ0n) is 12.4. The Morgan fingerprint density at radius 1 is 1.12 bits per heavy atom. The van der Waals surface area contributed by atoms with Crippen molar-refractivity contribution in [2.75, 3.05) is 0 Å². The van der Waals surface area contributed by atoms with Crippen LogP contribution >= 0.6 is 15.9 Å². The first-order chi connectivity index (χ1) is 11.7. The van der Waals surface area contributed by atoms with E-state index in [1.54, 1.807) is 12.1 Å². The van der Waals surface area contributed by atoms with Crippen LogP contribution in [0.25, 0.3) is 22.3 Å². The molecule has 0 atom stereocenters. The first-order valence-corrected chi connectivity index (χ1v) is 8.03. The minimum atomic E-state index is -0.136. The minimum Gasteiger partial charge on any atom is -0.337 e. The van der Waals surface area contributed by atoms with E-state index < -0.39 is 0 Å². The third-order valence-corrected chi connectivity index (χ3v) is 4.08. The van der Waals surface area contributed by atoms with E-state index in [2.05, 4.69) is 31.1 Å². The second-order valence-corrected chi connectivity index (χ2v) is 6.13. The lowest BCUT2D eigenvalue weighted by atomic mass is 10.2. The van der Waals surface area contributed by atoms with Crippen molar-refractivity contribution in [3.05, 3.63) is 75.6 Å². The van der Waals surface area contributed by atoms with Gasteiger partial charge in [-0.25, -0.2) is 4.98 Å². The van der Waals surface area contributed by atoms with Gasteiger partial charge in [0.25, 0.3) is 5.56 Å². The summed E-state index contributed by atoms with van der Waals surface area (Å²) in [5.74, 6) is 0.831. The molecule has 24 heavy (non-hydrogen) atoms. The molecule has 7 heteroatoms. The predicted molar refractivity (Wildman–Crippen MR) is 92.5 cm³/mol. The Balaban J connectivity index is 1.67. The number of hydrogen-bond donors (Lipinski definition) is 0. The number of benzene rings is 2. The molecule has 0 bridgehead atoms. The minimum absolute atomic E-state index is 0.136. The van der Waals surface area contributed by atoms with Gasteiger partial charge in [-0.1, -0.05) is 45.4 Å². The standard InChI is InChI=1S/C17H11BrN4O2/c18-12-5-3-4-11(8-12)16-20-15(24-21-16)9-22-10-19-14-7-2-1-6-13(14)17(22)23/h1-8,10H,9H2. The van der Waals surface area contributed by atoms with Crippen molar-refractivity contribution in [3.63, 3.8) is 0 Å². The SMILES string of the molecule is O=c1c2ccccc2ncn1Cc1nc(-c2cccc(Br)c2)no1. The van der Waals surface area contributed by atoms with E-state index in [1.807, 2.05) is 36.4 Å². The molecule has 0 saturated carbocycles. The maximum atomic E-state index is 12.5. The largest absolute Gasteiger partial charge is 0.337 e. The Labute approximate surface area is 144 Å². The summed E-state index contributed by atoms with van der Waals surface area (Å²) in [6.07, 6.45) is 1.49. The first-order valence-electron chi connectivity index (χ1n) is 7.23. The summed E-state index contributed by atoms with van der Waals surface area (Å²) < 4.78 is 7.66. The number of hydrogen-bond acceptors (Lipinski definition) is 5. The van der Waals surface area contributed by atoms with Crippen LogP contribution in [0.2, 0.25) is 0 Å². The van der Waals surface area contributed by atoms with Crippen LogP contribution < -0.4 is 5.56 Å². The number of nitrogens with zero attached hydrogens (tertiary/aromatic N) is 4. The lowest BCUT2D eigenvalue weighted by Gasteiger charge is -2.03. The molecule has 118 valence electrons. The molecule has 0 aliphatic rings. The highest BCUT2D eigenvalue weighted by molar-refractivity contribution is 9.10. The highest BCUT2D eigenvalue weighted by Crippen LogP contribution is 2.20. The monoisotopic (exact) mass is 382 g/mol. The maximum Gasteiger partial charge on any atom is 0.261 e. The van der Waals surface area contributed by atoms with E-state index in [-0.39, 0.29) is 12.1 Å². The quantitative estimate of drug-likeness (QED) is 0.543. The van der Waals surface area contributed by atoms with Crippen molar-refractivity contribution < 1.29 is 4.52 Å². The molecule has 2 aromatic heterocycles. The first kappa shape index (κ1) is 14.8. The van der Waals surface area contributed by atoms with E-state index in [0.717, 1.165) is 10.0 Å². The summed E-state index contributed by atoms with van der Waals surface area (Å²) in [5, 5.41) is 4.53. The number of para-hydroxylation sites is 1. The van der Waals surface area contributed by atoms with Crippen molar-refractivity contribution in [1.29, 1.82) is 0 Å². The van der Waals surface area contributed by atoms with E-state index in [0.29, 0.717) is 22.6 Å². The Bertz CT molecular complexity index is 1090. The molecule has 2 heterocycles. The van der Waals surface area contributed by atoms with Crippen LogP contribution in [0.3, 0.4) is 0 Å². The topological polar surface area (TPSA) is 73.8 Å². The zero-order chi connectivity index (χ0) is 16.5. The summed E-state index contributed by atoms with van der Waals surface area (Å²) in [6.45, 7) is 0.178. The molecule has 0 aliphatic carbocycles. The summed E-state index contributed by atoms with van der Waals surface area (Å²) in [6, 6.07) is 14.8. The fourth-order valence-electron chi connectivity index (χ4n) is 2.43. The second kappa shape index (κ2) is 6.01. The van der Waals surface area contributed by atoms with Gasteiger partial charge in [-0.2, -0.15) is 4.98 Å². The van der Waals surface area contributed by atoms with Crippen LogP contribution in [0.15, 0.2) is 68.6 Å². The maximum absolute atomic E-state index is 12.5. The van der Waals surface area contributed by atoms with Crippen LogP contribution in [0.1, 0.15) is 5.89 Å². The predicted octanol–water partition coefficient (Wildman–Crippen LogP) is 3.26. The van der Waals surface area contributed by atoms with Gasteiger partial charge in [-0.15, -0.1) is 0 Å². The number of rotatable bonds is 3. The second-order valence-electron chi connectivity index (χ2n) is 5.22. The van der Waals surface area contributed by atoms with Gasteiger partial charge in [0.05, 0.1) is 17.2 Å². The number of fused-ring (bicyclic) bond motifs is 1. The fraction of sp³-hybridized carbons (Fsp3) is 0.0588. The summed E-state index contributed by atoms with van der Waals surface area (Å²) in [7, 11) is 0. The Kier molecular flexibility index (Phi) is 3.70. The lowest BCUT2D eigenvalue weighted by molar-refractivity contribution is 0.369. The smallest absolute Gasteiger partial charge is 0.261 e. The van der Waals surface area contributed by atoms with Crippen LogP contribution in [0.4, 0.5) is 0 Å². The molecule has 4 aromatic rings. The summed E-state index contributed by atoms with van der Waals surface area (Å²) >= 11 is 3.41. The molecule has 0 N–H and O–H groups in total. The van der Waals surface area contributed by atoms with E-state index in [4.69, 9.17) is 4.52 Å². The molecule has 0 radical (unpaired) electrons. The molecule has 0 unspecified atom stereocenters. The van der Waals surface area contributed by atoms with Gasteiger partial charge in [0.15, 0.2) is 0 Å². The molecule has 0 aliphatic heterocycles. The molecule has 0 amide bonds. The lowest BCUT2D eigenvalue weighted by Crippen LogP contribution is -2.21. The van der Waals surface area contributed by atoms with Gasteiger partial charge < -0.3 is 4.52 Å². The molecule has 0 spiro atoms. The van der Waals surface area contributed by atoms with Crippen molar-refractivity contribution in [1.82, 2.24) is 19.7 Å².